The SMILES string of the molecule is C[C@@H](NC(=O)O)[C@@H](O)C(=O)N(C)C. The van der Waals surface area contributed by atoms with E-state index in [-0.39, 0.29) is 0 Å². The lowest BCUT2D eigenvalue weighted by molar-refractivity contribution is -0.138. The first-order valence-corrected chi connectivity index (χ1v) is 3.75. The van der Waals surface area contributed by atoms with E-state index in [1.165, 1.54) is 25.9 Å². The quantitative estimate of drug-likeness (QED) is 0.537. The molecule has 0 aliphatic carbocycles. The summed E-state index contributed by atoms with van der Waals surface area (Å²) in [6.07, 6.45) is -2.61. The van der Waals surface area contributed by atoms with Gasteiger partial charge in [-0.1, -0.05) is 0 Å². The minimum absolute atomic E-state index is 0.527. The highest BCUT2D eigenvalue weighted by atomic mass is 16.4. The van der Waals surface area contributed by atoms with Gasteiger partial charge in [0.1, 0.15) is 0 Å². The van der Waals surface area contributed by atoms with Crippen molar-refractivity contribution in [1.82, 2.24) is 10.2 Å². The number of hydrogen-bond donors (Lipinski definition) is 3. The van der Waals surface area contributed by atoms with E-state index in [2.05, 4.69) is 0 Å². The molecule has 2 amide bonds. The predicted octanol–water partition coefficient (Wildman–Crippen LogP) is -0.908. The number of nitrogens with one attached hydrogen (secondary N) is 1. The van der Waals surface area contributed by atoms with Crippen LogP contribution in [0, 0.1) is 0 Å². The van der Waals surface area contributed by atoms with Gasteiger partial charge in [0, 0.05) is 14.1 Å². The molecule has 0 fully saturated rings. The zero-order chi connectivity index (χ0) is 10.6. The largest absolute Gasteiger partial charge is 0.465 e. The Morgan fingerprint density at radius 1 is 1.38 bits per heavy atom. The summed E-state index contributed by atoms with van der Waals surface area (Å²) in [6, 6.07) is -0.813. The number of hydrogen-bond acceptors (Lipinski definition) is 3. The Kier molecular flexibility index (Phi) is 4.19. The summed E-state index contributed by atoms with van der Waals surface area (Å²) in [5.74, 6) is -0.527. The predicted molar refractivity (Wildman–Crippen MR) is 45.3 cm³/mol. The van der Waals surface area contributed by atoms with Crippen LogP contribution in [0.4, 0.5) is 4.79 Å². The Bertz CT molecular complexity index is 205. The second-order valence-corrected chi connectivity index (χ2v) is 2.92. The van der Waals surface area contributed by atoms with Crippen molar-refractivity contribution in [1.29, 1.82) is 0 Å². The fourth-order valence-corrected chi connectivity index (χ4v) is 0.752. The number of amides is 2. The van der Waals surface area contributed by atoms with Crippen molar-refractivity contribution in [3.63, 3.8) is 0 Å². The van der Waals surface area contributed by atoms with Crippen LogP contribution in [0.15, 0.2) is 0 Å². The van der Waals surface area contributed by atoms with Crippen LogP contribution in [0.5, 0.6) is 0 Å². The van der Waals surface area contributed by atoms with E-state index in [1.54, 1.807) is 0 Å². The molecule has 0 rings (SSSR count). The maximum Gasteiger partial charge on any atom is 0.404 e. The lowest BCUT2D eigenvalue weighted by Gasteiger charge is -2.21. The van der Waals surface area contributed by atoms with E-state index in [0.717, 1.165) is 0 Å². The van der Waals surface area contributed by atoms with Crippen LogP contribution in [-0.2, 0) is 4.79 Å². The average molecular weight is 190 g/mol. The highest BCUT2D eigenvalue weighted by Crippen LogP contribution is 1.96. The van der Waals surface area contributed by atoms with Crippen LogP contribution in [-0.4, -0.2) is 53.4 Å². The van der Waals surface area contributed by atoms with E-state index in [4.69, 9.17) is 5.11 Å². The van der Waals surface area contributed by atoms with E-state index in [1.807, 2.05) is 5.32 Å². The Morgan fingerprint density at radius 2 is 1.85 bits per heavy atom. The highest BCUT2D eigenvalue weighted by Gasteiger charge is 2.24. The van der Waals surface area contributed by atoms with Crippen LogP contribution >= 0.6 is 0 Å². The summed E-state index contributed by atoms with van der Waals surface area (Å²) < 4.78 is 0. The molecule has 0 aliphatic heterocycles. The summed E-state index contributed by atoms with van der Waals surface area (Å²) in [7, 11) is 2.97. The first kappa shape index (κ1) is 11.7. The maximum absolute atomic E-state index is 11.1. The second-order valence-electron chi connectivity index (χ2n) is 2.92. The van der Waals surface area contributed by atoms with Gasteiger partial charge in [-0.3, -0.25) is 4.79 Å². The van der Waals surface area contributed by atoms with Crippen molar-refractivity contribution < 1.29 is 19.8 Å². The summed E-state index contributed by atoms with van der Waals surface area (Å²) >= 11 is 0. The lowest BCUT2D eigenvalue weighted by Crippen LogP contribution is -2.48. The summed E-state index contributed by atoms with van der Waals surface area (Å²) in [5, 5.41) is 19.6. The molecule has 0 aromatic carbocycles. The summed E-state index contributed by atoms with van der Waals surface area (Å²) in [4.78, 5) is 22.5. The number of carboxylic acid groups (broad SMARTS) is 1. The van der Waals surface area contributed by atoms with Gasteiger partial charge >= 0.3 is 6.09 Å². The van der Waals surface area contributed by atoms with Crippen molar-refractivity contribution >= 4 is 12.0 Å². The van der Waals surface area contributed by atoms with Crippen molar-refractivity contribution in [3.8, 4) is 0 Å². The Balaban J connectivity index is 4.17. The Labute approximate surface area is 76.2 Å². The minimum Gasteiger partial charge on any atom is -0.465 e. The molecule has 0 aliphatic rings. The molecule has 0 radical (unpaired) electrons. The third kappa shape index (κ3) is 3.75. The number of carbonyl (C=O) groups excluding carboxylic acids is 1. The van der Waals surface area contributed by atoms with Crippen LogP contribution in [0.25, 0.3) is 0 Å². The third-order valence-electron chi connectivity index (χ3n) is 1.52. The van der Waals surface area contributed by atoms with Crippen molar-refractivity contribution in [2.24, 2.45) is 0 Å². The van der Waals surface area contributed by atoms with E-state index in [9.17, 15) is 14.7 Å². The number of rotatable bonds is 3. The fraction of sp³-hybridized carbons (Fsp3) is 0.714. The van der Waals surface area contributed by atoms with Crippen LogP contribution in [0.1, 0.15) is 6.92 Å². The molecular formula is C7H14N2O4. The topological polar surface area (TPSA) is 89.9 Å². The standard InChI is InChI=1S/C7H14N2O4/c1-4(8-7(12)13)5(10)6(11)9(2)3/h4-5,8,10H,1-3H3,(H,12,13)/t4-,5-/m1/s1. The van der Waals surface area contributed by atoms with Crippen LogP contribution in [0.3, 0.4) is 0 Å². The molecule has 0 unspecified atom stereocenters. The van der Waals surface area contributed by atoms with E-state index >= 15 is 0 Å². The van der Waals surface area contributed by atoms with Gasteiger partial charge < -0.3 is 20.4 Å². The summed E-state index contributed by atoms with van der Waals surface area (Å²) in [6.45, 7) is 1.42. The molecule has 0 saturated carbocycles. The number of nitrogens with zero attached hydrogens (tertiary/aromatic N) is 1. The van der Waals surface area contributed by atoms with Gasteiger partial charge in [-0.05, 0) is 6.92 Å². The fourth-order valence-electron chi connectivity index (χ4n) is 0.752. The van der Waals surface area contributed by atoms with Gasteiger partial charge in [-0.15, -0.1) is 0 Å². The van der Waals surface area contributed by atoms with Gasteiger partial charge in [0.15, 0.2) is 6.10 Å². The molecule has 76 valence electrons. The molecule has 0 saturated heterocycles. The second kappa shape index (κ2) is 4.66. The van der Waals surface area contributed by atoms with Gasteiger partial charge in [0.2, 0.25) is 0 Å². The average Bonchev–Trinajstić information content (AvgIpc) is 2.00. The summed E-state index contributed by atoms with van der Waals surface area (Å²) in [5.41, 5.74) is 0. The zero-order valence-corrected chi connectivity index (χ0v) is 7.81. The van der Waals surface area contributed by atoms with Crippen LogP contribution in [0.2, 0.25) is 0 Å². The normalized spacial score (nSPS) is 14.5. The van der Waals surface area contributed by atoms with Gasteiger partial charge in [-0.2, -0.15) is 0 Å². The van der Waals surface area contributed by atoms with E-state index < -0.39 is 24.1 Å². The molecule has 0 aromatic heterocycles. The molecule has 13 heavy (non-hydrogen) atoms. The number of aliphatic hydroxyl groups excluding tert-OH is 1. The molecule has 6 heteroatoms. The molecule has 6 nitrogen and oxygen atoms in total. The molecule has 0 aromatic rings. The molecular weight excluding hydrogens is 176 g/mol. The monoisotopic (exact) mass is 190 g/mol. The maximum atomic E-state index is 11.1. The molecule has 3 N–H and O–H groups in total. The minimum atomic E-state index is -1.34. The van der Waals surface area contributed by atoms with Crippen molar-refractivity contribution in [2.45, 2.75) is 19.1 Å². The molecule has 0 spiro atoms. The Morgan fingerprint density at radius 3 is 2.15 bits per heavy atom. The lowest BCUT2D eigenvalue weighted by atomic mass is 10.2. The number of aliphatic hydroxyl groups is 1. The first-order chi connectivity index (χ1) is 5.86. The smallest absolute Gasteiger partial charge is 0.404 e. The number of carbonyl (C=O) groups is 2. The number of likely N-dealkylation sites (N-methyl/N-ethyl adjacent to an activating group) is 1. The zero-order valence-electron chi connectivity index (χ0n) is 7.81. The first-order valence-electron chi connectivity index (χ1n) is 3.75. The molecule has 0 heterocycles. The van der Waals surface area contributed by atoms with Crippen LogP contribution < -0.4 is 5.32 Å². The highest BCUT2D eigenvalue weighted by molar-refractivity contribution is 5.81. The van der Waals surface area contributed by atoms with Crippen molar-refractivity contribution in [2.75, 3.05) is 14.1 Å². The van der Waals surface area contributed by atoms with Gasteiger partial charge in [0.25, 0.3) is 5.91 Å². The third-order valence-corrected chi connectivity index (χ3v) is 1.52. The van der Waals surface area contributed by atoms with E-state index in [0.29, 0.717) is 0 Å². The van der Waals surface area contributed by atoms with Crippen molar-refractivity contribution in [3.05, 3.63) is 0 Å². The molecule has 2 atom stereocenters. The Hall–Kier alpha value is -1.30. The van der Waals surface area contributed by atoms with Gasteiger partial charge in [-0.25, -0.2) is 4.79 Å². The molecule has 0 bridgehead atoms. The van der Waals surface area contributed by atoms with Gasteiger partial charge in [0.05, 0.1) is 6.04 Å².